The van der Waals surface area contributed by atoms with Gasteiger partial charge in [-0.1, -0.05) is 19.9 Å². The van der Waals surface area contributed by atoms with Gasteiger partial charge in [0.25, 0.3) is 0 Å². The van der Waals surface area contributed by atoms with Crippen LogP contribution in [0, 0.1) is 23.2 Å². The number of piperidine rings is 1. The Morgan fingerprint density at radius 1 is 1.33 bits per heavy atom. The Labute approximate surface area is 172 Å². The van der Waals surface area contributed by atoms with E-state index in [2.05, 4.69) is 10.3 Å². The van der Waals surface area contributed by atoms with E-state index in [0.717, 1.165) is 0 Å². The van der Waals surface area contributed by atoms with Crippen LogP contribution in [0.2, 0.25) is 0 Å². The number of rotatable bonds is 6. The molecule has 1 aliphatic heterocycles. The summed E-state index contributed by atoms with van der Waals surface area (Å²) in [6.07, 6.45) is 2.18. The van der Waals surface area contributed by atoms with E-state index in [0.29, 0.717) is 12.1 Å². The first-order chi connectivity index (χ1) is 14.0. The minimum atomic E-state index is -2.85. The van der Waals surface area contributed by atoms with Gasteiger partial charge in [-0.2, -0.15) is 0 Å². The Balaban J connectivity index is 1.52. The van der Waals surface area contributed by atoms with Gasteiger partial charge in [-0.15, -0.1) is 0 Å². The number of alkyl halides is 2. The van der Waals surface area contributed by atoms with Crippen molar-refractivity contribution in [3.05, 3.63) is 30.1 Å². The van der Waals surface area contributed by atoms with Crippen LogP contribution in [-0.4, -0.2) is 57.3 Å². The minimum absolute atomic E-state index is 0.0996. The summed E-state index contributed by atoms with van der Waals surface area (Å²) in [4.78, 5) is 43.0. The Kier molecular flexibility index (Phi) is 4.82. The zero-order valence-corrected chi connectivity index (χ0v) is 16.8. The lowest BCUT2D eigenvalue weighted by atomic mass is 9.80. The van der Waals surface area contributed by atoms with Gasteiger partial charge in [-0.05, 0) is 23.0 Å². The van der Waals surface area contributed by atoms with E-state index in [1.807, 2.05) is 13.8 Å². The van der Waals surface area contributed by atoms with E-state index in [1.165, 1.54) is 4.90 Å². The number of amides is 2. The fraction of sp³-hybridized carbons (Fsp3) is 0.619. The molecule has 30 heavy (non-hydrogen) atoms. The average molecular weight is 421 g/mol. The fourth-order valence-corrected chi connectivity index (χ4v) is 5.09. The number of hydrogen-bond donors (Lipinski definition) is 2. The summed E-state index contributed by atoms with van der Waals surface area (Å²) in [5, 5.41) is 12.3. The molecule has 1 aromatic heterocycles. The van der Waals surface area contributed by atoms with Crippen molar-refractivity contribution in [2.45, 2.75) is 51.1 Å². The third-order valence-corrected chi connectivity index (χ3v) is 6.98. The van der Waals surface area contributed by atoms with Gasteiger partial charge in [-0.25, -0.2) is 13.6 Å². The van der Waals surface area contributed by atoms with E-state index in [9.17, 15) is 28.3 Å². The van der Waals surface area contributed by atoms with Crippen molar-refractivity contribution in [2.75, 3.05) is 6.54 Å². The lowest BCUT2D eigenvalue weighted by Crippen LogP contribution is -2.56. The van der Waals surface area contributed by atoms with Gasteiger partial charge in [0.05, 0.1) is 0 Å². The van der Waals surface area contributed by atoms with Crippen LogP contribution < -0.4 is 5.32 Å². The fourth-order valence-electron chi connectivity index (χ4n) is 5.09. The Bertz CT molecular complexity index is 868. The van der Waals surface area contributed by atoms with E-state index in [1.54, 1.807) is 24.5 Å². The number of likely N-dealkylation sites (tertiary alicyclic amines) is 1. The first-order valence-electron chi connectivity index (χ1n) is 10.1. The number of carbonyl (C=O) groups excluding carboxylic acids is 2. The molecule has 9 heteroatoms. The summed E-state index contributed by atoms with van der Waals surface area (Å²) in [7, 11) is 0. The molecule has 1 aromatic rings. The van der Waals surface area contributed by atoms with Crippen LogP contribution in [0.4, 0.5) is 8.78 Å². The van der Waals surface area contributed by atoms with Gasteiger partial charge in [0.2, 0.25) is 17.7 Å². The predicted molar refractivity (Wildman–Crippen MR) is 101 cm³/mol. The second-order valence-electron chi connectivity index (χ2n) is 9.32. The maximum absolute atomic E-state index is 13.3. The quantitative estimate of drug-likeness (QED) is 0.729. The monoisotopic (exact) mass is 421 g/mol. The van der Waals surface area contributed by atoms with Crippen molar-refractivity contribution >= 4 is 17.8 Å². The molecule has 0 unspecified atom stereocenters. The van der Waals surface area contributed by atoms with Crippen molar-refractivity contribution in [3.8, 4) is 0 Å². The Hall–Kier alpha value is -2.58. The molecule has 4 atom stereocenters. The molecule has 1 saturated heterocycles. The third-order valence-electron chi connectivity index (χ3n) is 6.98. The van der Waals surface area contributed by atoms with Gasteiger partial charge in [0.15, 0.2) is 0 Å². The average Bonchev–Trinajstić information content (AvgIpc) is 3.02. The second kappa shape index (κ2) is 6.99. The van der Waals surface area contributed by atoms with Gasteiger partial charge in [0, 0.05) is 50.0 Å². The molecule has 2 N–H and O–H groups in total. The lowest BCUT2D eigenvalue weighted by Gasteiger charge is -2.36. The molecule has 0 aromatic carbocycles. The van der Waals surface area contributed by atoms with E-state index < -0.39 is 54.5 Å². The number of carboxylic acids is 1. The van der Waals surface area contributed by atoms with Crippen molar-refractivity contribution in [2.24, 2.45) is 23.2 Å². The Morgan fingerprint density at radius 3 is 2.60 bits per heavy atom. The van der Waals surface area contributed by atoms with Gasteiger partial charge < -0.3 is 15.3 Å². The largest absolute Gasteiger partial charge is 0.480 e. The molecule has 7 nitrogen and oxygen atoms in total. The molecule has 0 spiro atoms. The number of nitrogens with one attached hydrogen (secondary N) is 1. The molecule has 4 rings (SSSR count). The van der Waals surface area contributed by atoms with Crippen LogP contribution in [0.1, 0.15) is 32.3 Å². The summed E-state index contributed by atoms with van der Waals surface area (Å²) < 4.78 is 26.3. The molecule has 0 radical (unpaired) electrons. The standard InChI is InChI=1S/C21H25F2N3O4/c1-20(2)13-10-26(16(15(13)20)19(29)30)18(28)14(6-11-4-3-5-24-9-11)25-17(27)12-7-21(22,23)8-12/h3-5,9,12-16H,6-8,10H2,1-2H3,(H,25,27)(H,29,30)/t13-,14-,15-,16-/m0/s1. The van der Waals surface area contributed by atoms with Gasteiger partial charge in [0.1, 0.15) is 12.1 Å². The highest BCUT2D eigenvalue weighted by Crippen LogP contribution is 2.64. The molecule has 2 saturated carbocycles. The molecule has 3 fully saturated rings. The molecule has 162 valence electrons. The number of carboxylic acid groups (broad SMARTS) is 1. The maximum Gasteiger partial charge on any atom is 0.326 e. The maximum atomic E-state index is 13.3. The number of carbonyl (C=O) groups is 3. The number of halogens is 2. The van der Waals surface area contributed by atoms with Crippen LogP contribution in [-0.2, 0) is 20.8 Å². The molecule has 3 aliphatic rings. The molecule has 2 amide bonds. The number of aromatic nitrogens is 1. The molecule has 2 heterocycles. The molecular weight excluding hydrogens is 396 g/mol. The molecular formula is C21H25F2N3O4. The van der Waals surface area contributed by atoms with Gasteiger partial charge >= 0.3 is 5.97 Å². The van der Waals surface area contributed by atoms with E-state index in [4.69, 9.17) is 0 Å². The normalized spacial score (nSPS) is 29.5. The number of fused-ring (bicyclic) bond motifs is 1. The third kappa shape index (κ3) is 3.54. The highest BCUT2D eigenvalue weighted by Gasteiger charge is 2.69. The summed E-state index contributed by atoms with van der Waals surface area (Å²) in [6.45, 7) is 4.30. The molecule has 2 aliphatic carbocycles. The topological polar surface area (TPSA) is 99.6 Å². The number of nitrogens with zero attached hydrogens (tertiary/aromatic N) is 2. The zero-order chi connectivity index (χ0) is 21.8. The minimum Gasteiger partial charge on any atom is -0.480 e. The van der Waals surface area contributed by atoms with Crippen molar-refractivity contribution in [1.29, 1.82) is 0 Å². The Morgan fingerprint density at radius 2 is 2.03 bits per heavy atom. The van der Waals surface area contributed by atoms with Crippen molar-refractivity contribution in [1.82, 2.24) is 15.2 Å². The number of hydrogen-bond acceptors (Lipinski definition) is 4. The van der Waals surface area contributed by atoms with E-state index >= 15 is 0 Å². The SMILES string of the molecule is CC1(C)[C@@H]2[C@@H](C(=O)O)N(C(=O)[C@H](Cc3cccnc3)NC(=O)C3CC(F)(F)C3)C[C@@H]21. The zero-order valence-electron chi connectivity index (χ0n) is 16.8. The summed E-state index contributed by atoms with van der Waals surface area (Å²) >= 11 is 0. The number of aliphatic carboxylic acids is 1. The second-order valence-corrected chi connectivity index (χ2v) is 9.32. The summed E-state index contributed by atoms with van der Waals surface area (Å²) in [5.41, 5.74) is 0.547. The van der Waals surface area contributed by atoms with E-state index in [-0.39, 0.29) is 23.7 Å². The van der Waals surface area contributed by atoms with Crippen molar-refractivity contribution < 1.29 is 28.3 Å². The molecule has 0 bridgehead atoms. The first kappa shape index (κ1) is 20.7. The van der Waals surface area contributed by atoms with Crippen LogP contribution in [0.25, 0.3) is 0 Å². The van der Waals surface area contributed by atoms with Crippen LogP contribution >= 0.6 is 0 Å². The number of pyridine rings is 1. The highest BCUT2D eigenvalue weighted by atomic mass is 19.3. The first-order valence-corrected chi connectivity index (χ1v) is 10.1. The highest BCUT2D eigenvalue weighted by molar-refractivity contribution is 5.92. The van der Waals surface area contributed by atoms with Crippen LogP contribution in [0.3, 0.4) is 0 Å². The smallest absolute Gasteiger partial charge is 0.326 e. The van der Waals surface area contributed by atoms with Crippen molar-refractivity contribution in [3.63, 3.8) is 0 Å². The van der Waals surface area contributed by atoms with Crippen LogP contribution in [0.5, 0.6) is 0 Å². The predicted octanol–water partition coefficient (Wildman–Crippen LogP) is 1.72. The summed E-state index contributed by atoms with van der Waals surface area (Å²) in [6, 6.07) is 1.46. The summed E-state index contributed by atoms with van der Waals surface area (Å²) in [5.74, 6) is -5.87. The van der Waals surface area contributed by atoms with Crippen LogP contribution in [0.15, 0.2) is 24.5 Å². The lowest BCUT2D eigenvalue weighted by molar-refractivity contribution is -0.155. The van der Waals surface area contributed by atoms with Gasteiger partial charge in [-0.3, -0.25) is 14.6 Å².